The second-order valence-corrected chi connectivity index (χ2v) is 6.53. The summed E-state index contributed by atoms with van der Waals surface area (Å²) in [6, 6.07) is 22.7. The SMILES string of the molecule is COc1ccc(/C=C/C(=O)Nc2ccccc2C(=O)OCc2ccc(C#N)cc2)cc1. The van der Waals surface area contributed by atoms with Gasteiger partial charge in [-0.15, -0.1) is 0 Å². The van der Waals surface area contributed by atoms with E-state index in [1.807, 2.05) is 18.2 Å². The minimum Gasteiger partial charge on any atom is -0.497 e. The molecule has 3 aromatic rings. The van der Waals surface area contributed by atoms with E-state index in [0.29, 0.717) is 11.3 Å². The topological polar surface area (TPSA) is 88.4 Å². The number of rotatable bonds is 7. The number of carbonyl (C=O) groups is 2. The average molecular weight is 412 g/mol. The van der Waals surface area contributed by atoms with Crippen LogP contribution in [0.5, 0.6) is 5.75 Å². The van der Waals surface area contributed by atoms with Gasteiger partial charge in [0.15, 0.2) is 0 Å². The van der Waals surface area contributed by atoms with Crippen LogP contribution < -0.4 is 10.1 Å². The molecule has 3 rings (SSSR count). The van der Waals surface area contributed by atoms with Gasteiger partial charge in [0.05, 0.1) is 30.0 Å². The highest BCUT2D eigenvalue weighted by Crippen LogP contribution is 2.18. The Labute approximate surface area is 180 Å². The molecule has 0 aliphatic rings. The number of amides is 1. The maximum Gasteiger partial charge on any atom is 0.340 e. The number of nitriles is 1. The van der Waals surface area contributed by atoms with Crippen molar-refractivity contribution < 1.29 is 19.1 Å². The molecule has 1 amide bonds. The lowest BCUT2D eigenvalue weighted by Crippen LogP contribution is -2.13. The van der Waals surface area contributed by atoms with E-state index >= 15 is 0 Å². The van der Waals surface area contributed by atoms with Gasteiger partial charge in [-0.1, -0.05) is 36.4 Å². The molecule has 154 valence electrons. The molecule has 0 bridgehead atoms. The number of nitrogens with zero attached hydrogens (tertiary/aromatic N) is 1. The maximum atomic E-state index is 12.5. The third kappa shape index (κ3) is 6.05. The van der Waals surface area contributed by atoms with Gasteiger partial charge in [0, 0.05) is 6.08 Å². The van der Waals surface area contributed by atoms with Crippen molar-refractivity contribution in [3.8, 4) is 11.8 Å². The summed E-state index contributed by atoms with van der Waals surface area (Å²) in [4.78, 5) is 24.8. The minimum atomic E-state index is -0.556. The Bertz CT molecular complexity index is 1130. The van der Waals surface area contributed by atoms with Crippen LogP contribution >= 0.6 is 0 Å². The first kappa shape index (κ1) is 21.3. The van der Waals surface area contributed by atoms with E-state index in [4.69, 9.17) is 14.7 Å². The second-order valence-electron chi connectivity index (χ2n) is 6.53. The Hall–Kier alpha value is -4.37. The van der Waals surface area contributed by atoms with E-state index < -0.39 is 5.97 Å². The van der Waals surface area contributed by atoms with Crippen LogP contribution in [0.4, 0.5) is 5.69 Å². The summed E-state index contributed by atoms with van der Waals surface area (Å²) in [5.74, 6) is -0.197. The van der Waals surface area contributed by atoms with Crippen LogP contribution in [0.15, 0.2) is 78.9 Å². The lowest BCUT2D eigenvalue weighted by Gasteiger charge is -2.10. The smallest absolute Gasteiger partial charge is 0.340 e. The van der Waals surface area contributed by atoms with E-state index in [1.54, 1.807) is 73.8 Å². The van der Waals surface area contributed by atoms with Gasteiger partial charge in [0.25, 0.3) is 0 Å². The first-order valence-corrected chi connectivity index (χ1v) is 9.47. The number of hydrogen-bond donors (Lipinski definition) is 1. The molecule has 6 heteroatoms. The Morgan fingerprint density at radius 2 is 1.71 bits per heavy atom. The summed E-state index contributed by atoms with van der Waals surface area (Å²) in [5, 5.41) is 11.6. The Morgan fingerprint density at radius 1 is 1.00 bits per heavy atom. The number of ether oxygens (including phenoxy) is 2. The number of nitrogens with one attached hydrogen (secondary N) is 1. The molecule has 3 aromatic carbocycles. The fourth-order valence-corrected chi connectivity index (χ4v) is 2.73. The third-order valence-corrected chi connectivity index (χ3v) is 4.40. The van der Waals surface area contributed by atoms with Gasteiger partial charge in [0.2, 0.25) is 5.91 Å². The number of benzene rings is 3. The highest BCUT2D eigenvalue weighted by Gasteiger charge is 2.14. The number of methoxy groups -OCH3 is 1. The quantitative estimate of drug-likeness (QED) is 0.453. The largest absolute Gasteiger partial charge is 0.497 e. The molecular weight excluding hydrogens is 392 g/mol. The van der Waals surface area contributed by atoms with Crippen molar-refractivity contribution in [2.45, 2.75) is 6.61 Å². The van der Waals surface area contributed by atoms with Gasteiger partial charge in [-0.05, 0) is 53.6 Å². The lowest BCUT2D eigenvalue weighted by molar-refractivity contribution is -0.111. The molecular formula is C25H20N2O4. The standard InChI is InChI=1S/C25H20N2O4/c1-30-21-13-10-18(11-14-21)12-15-24(28)27-23-5-3-2-4-22(23)25(29)31-17-20-8-6-19(16-26)7-9-20/h2-15H,17H2,1H3,(H,27,28)/b15-12+. The van der Waals surface area contributed by atoms with E-state index in [1.165, 1.54) is 6.08 Å². The van der Waals surface area contributed by atoms with Crippen LogP contribution in [0.3, 0.4) is 0 Å². The third-order valence-electron chi connectivity index (χ3n) is 4.40. The molecule has 6 nitrogen and oxygen atoms in total. The number of anilines is 1. The molecule has 0 aliphatic heterocycles. The van der Waals surface area contributed by atoms with Crippen LogP contribution in [0, 0.1) is 11.3 Å². The van der Waals surface area contributed by atoms with Crippen LogP contribution in [0.25, 0.3) is 6.08 Å². The highest BCUT2D eigenvalue weighted by atomic mass is 16.5. The Kier molecular flexibility index (Phi) is 7.17. The van der Waals surface area contributed by atoms with E-state index in [-0.39, 0.29) is 18.1 Å². The van der Waals surface area contributed by atoms with Gasteiger partial charge >= 0.3 is 5.97 Å². The molecule has 0 fully saturated rings. The summed E-state index contributed by atoms with van der Waals surface area (Å²) in [5.41, 5.74) is 2.74. The Balaban J connectivity index is 1.63. The van der Waals surface area contributed by atoms with Crippen molar-refractivity contribution in [1.82, 2.24) is 0 Å². The average Bonchev–Trinajstić information content (AvgIpc) is 2.82. The van der Waals surface area contributed by atoms with Gasteiger partial charge in [-0.25, -0.2) is 4.79 Å². The predicted octanol–water partition coefficient (Wildman–Crippen LogP) is 4.58. The monoisotopic (exact) mass is 412 g/mol. The fraction of sp³-hybridized carbons (Fsp3) is 0.0800. The molecule has 0 saturated heterocycles. The summed E-state index contributed by atoms with van der Waals surface area (Å²) < 4.78 is 10.5. The number of para-hydroxylation sites is 1. The zero-order valence-electron chi connectivity index (χ0n) is 16.9. The molecule has 0 radical (unpaired) electrons. The van der Waals surface area contributed by atoms with Crippen molar-refractivity contribution in [2.75, 3.05) is 12.4 Å². The number of esters is 1. The molecule has 0 aliphatic carbocycles. The van der Waals surface area contributed by atoms with Crippen molar-refractivity contribution in [1.29, 1.82) is 5.26 Å². The first-order chi connectivity index (χ1) is 15.1. The van der Waals surface area contributed by atoms with Gasteiger partial charge in [-0.3, -0.25) is 4.79 Å². The van der Waals surface area contributed by atoms with Gasteiger partial charge in [0.1, 0.15) is 12.4 Å². The van der Waals surface area contributed by atoms with Gasteiger partial charge < -0.3 is 14.8 Å². The zero-order chi connectivity index (χ0) is 22.1. The van der Waals surface area contributed by atoms with E-state index in [0.717, 1.165) is 16.9 Å². The van der Waals surface area contributed by atoms with Crippen LogP contribution in [0.2, 0.25) is 0 Å². The second kappa shape index (κ2) is 10.4. The van der Waals surface area contributed by atoms with Crippen molar-refractivity contribution in [2.24, 2.45) is 0 Å². The molecule has 0 atom stereocenters. The lowest BCUT2D eigenvalue weighted by atomic mass is 10.1. The minimum absolute atomic E-state index is 0.0597. The van der Waals surface area contributed by atoms with Crippen LogP contribution in [-0.2, 0) is 16.1 Å². The van der Waals surface area contributed by atoms with Gasteiger partial charge in [-0.2, -0.15) is 5.26 Å². The van der Waals surface area contributed by atoms with E-state index in [9.17, 15) is 9.59 Å². The molecule has 31 heavy (non-hydrogen) atoms. The zero-order valence-corrected chi connectivity index (χ0v) is 16.9. The predicted molar refractivity (Wildman–Crippen MR) is 117 cm³/mol. The van der Waals surface area contributed by atoms with Crippen LogP contribution in [-0.4, -0.2) is 19.0 Å². The highest BCUT2D eigenvalue weighted by molar-refractivity contribution is 6.06. The van der Waals surface area contributed by atoms with Crippen molar-refractivity contribution >= 4 is 23.6 Å². The summed E-state index contributed by atoms with van der Waals surface area (Å²) in [7, 11) is 1.59. The summed E-state index contributed by atoms with van der Waals surface area (Å²) in [6.45, 7) is 0.0597. The molecule has 0 unspecified atom stereocenters. The van der Waals surface area contributed by atoms with E-state index in [2.05, 4.69) is 5.32 Å². The Morgan fingerprint density at radius 3 is 2.39 bits per heavy atom. The molecule has 1 N–H and O–H groups in total. The van der Waals surface area contributed by atoms with Crippen LogP contribution in [0.1, 0.15) is 27.0 Å². The normalized spacial score (nSPS) is 10.3. The molecule has 0 heterocycles. The fourth-order valence-electron chi connectivity index (χ4n) is 2.73. The number of carbonyl (C=O) groups excluding carboxylic acids is 2. The van der Waals surface area contributed by atoms with Crippen molar-refractivity contribution in [3.63, 3.8) is 0 Å². The summed E-state index contributed by atoms with van der Waals surface area (Å²) in [6.07, 6.45) is 3.06. The number of hydrogen-bond acceptors (Lipinski definition) is 5. The first-order valence-electron chi connectivity index (χ1n) is 9.47. The maximum absolute atomic E-state index is 12.5. The molecule has 0 saturated carbocycles. The molecule has 0 spiro atoms. The molecule has 0 aromatic heterocycles. The summed E-state index contributed by atoms with van der Waals surface area (Å²) >= 11 is 0. The van der Waals surface area contributed by atoms with Crippen molar-refractivity contribution in [3.05, 3.63) is 101 Å².